The third-order valence-corrected chi connectivity index (χ3v) is 3.46. The van der Waals surface area contributed by atoms with Crippen molar-refractivity contribution in [1.82, 2.24) is 0 Å². The molecule has 4 heteroatoms. The molecular formula is C12H16O3S. The standard InChI is InChI=1S/C12H16O3S/c1-9(6-7-13)16-8-12(15)10-2-4-11(14)5-3-10/h2-5,9,13-14H,6-8H2,1H3. The minimum Gasteiger partial charge on any atom is -0.508 e. The van der Waals surface area contributed by atoms with Crippen molar-refractivity contribution in [2.24, 2.45) is 0 Å². The normalized spacial score (nSPS) is 12.4. The van der Waals surface area contributed by atoms with E-state index in [4.69, 9.17) is 10.2 Å². The number of aromatic hydroxyl groups is 1. The van der Waals surface area contributed by atoms with Crippen LogP contribution in [0.4, 0.5) is 0 Å². The SMILES string of the molecule is CC(CCO)SCC(=O)c1ccc(O)cc1. The summed E-state index contributed by atoms with van der Waals surface area (Å²) in [5.74, 6) is 0.624. The second-order valence-electron chi connectivity index (χ2n) is 3.60. The molecule has 0 aromatic heterocycles. The summed E-state index contributed by atoms with van der Waals surface area (Å²) >= 11 is 1.54. The maximum absolute atomic E-state index is 11.7. The summed E-state index contributed by atoms with van der Waals surface area (Å²) < 4.78 is 0. The van der Waals surface area contributed by atoms with Gasteiger partial charge in [0.1, 0.15) is 5.75 Å². The molecule has 1 atom stereocenters. The molecule has 0 aliphatic rings. The molecule has 0 fully saturated rings. The molecule has 88 valence electrons. The van der Waals surface area contributed by atoms with E-state index in [0.717, 1.165) is 0 Å². The number of carbonyl (C=O) groups is 1. The maximum atomic E-state index is 11.7. The van der Waals surface area contributed by atoms with Gasteiger partial charge in [0.2, 0.25) is 0 Å². The number of aliphatic hydroxyl groups is 1. The Hall–Kier alpha value is -1.00. The summed E-state index contributed by atoms with van der Waals surface area (Å²) in [6.07, 6.45) is 0.702. The van der Waals surface area contributed by atoms with Gasteiger partial charge in [-0.15, -0.1) is 0 Å². The van der Waals surface area contributed by atoms with E-state index in [9.17, 15) is 4.79 Å². The van der Waals surface area contributed by atoms with Crippen molar-refractivity contribution in [3.63, 3.8) is 0 Å². The van der Waals surface area contributed by atoms with E-state index in [2.05, 4.69) is 0 Å². The van der Waals surface area contributed by atoms with E-state index < -0.39 is 0 Å². The molecule has 2 N–H and O–H groups in total. The van der Waals surface area contributed by atoms with Gasteiger partial charge in [-0.2, -0.15) is 11.8 Å². The van der Waals surface area contributed by atoms with Crippen LogP contribution in [0.1, 0.15) is 23.7 Å². The van der Waals surface area contributed by atoms with Crippen LogP contribution in [-0.2, 0) is 0 Å². The van der Waals surface area contributed by atoms with Crippen LogP contribution in [0.3, 0.4) is 0 Å². The van der Waals surface area contributed by atoms with Crippen molar-refractivity contribution < 1.29 is 15.0 Å². The molecule has 1 aromatic carbocycles. The zero-order valence-corrected chi connectivity index (χ0v) is 10.0. The number of phenols is 1. The van der Waals surface area contributed by atoms with Gasteiger partial charge < -0.3 is 10.2 Å². The van der Waals surface area contributed by atoms with Crippen LogP contribution >= 0.6 is 11.8 Å². The third kappa shape index (κ3) is 4.24. The molecule has 0 radical (unpaired) electrons. The first-order valence-electron chi connectivity index (χ1n) is 5.18. The Labute approximate surface area is 99.5 Å². The molecule has 0 saturated carbocycles. The van der Waals surface area contributed by atoms with Gasteiger partial charge in [0, 0.05) is 17.4 Å². The molecule has 0 heterocycles. The van der Waals surface area contributed by atoms with E-state index >= 15 is 0 Å². The lowest BCUT2D eigenvalue weighted by atomic mass is 10.1. The topological polar surface area (TPSA) is 57.5 Å². The van der Waals surface area contributed by atoms with Crippen LogP contribution < -0.4 is 0 Å². The first-order chi connectivity index (χ1) is 7.63. The van der Waals surface area contributed by atoms with Crippen molar-refractivity contribution in [2.75, 3.05) is 12.4 Å². The highest BCUT2D eigenvalue weighted by Crippen LogP contribution is 2.17. The van der Waals surface area contributed by atoms with E-state index in [1.54, 1.807) is 12.1 Å². The Balaban J connectivity index is 2.43. The van der Waals surface area contributed by atoms with Crippen molar-refractivity contribution in [1.29, 1.82) is 0 Å². The Morgan fingerprint density at radius 1 is 1.38 bits per heavy atom. The zero-order valence-electron chi connectivity index (χ0n) is 9.22. The zero-order chi connectivity index (χ0) is 12.0. The minimum atomic E-state index is 0.0507. The number of aliphatic hydroxyl groups excluding tert-OH is 1. The van der Waals surface area contributed by atoms with Crippen molar-refractivity contribution in [3.8, 4) is 5.75 Å². The lowest BCUT2D eigenvalue weighted by molar-refractivity contribution is 0.102. The fraction of sp³-hybridized carbons (Fsp3) is 0.417. The number of rotatable bonds is 6. The highest BCUT2D eigenvalue weighted by molar-refractivity contribution is 8.00. The minimum absolute atomic E-state index is 0.0507. The molecule has 0 amide bonds. The molecule has 0 aliphatic carbocycles. The molecule has 1 unspecified atom stereocenters. The molecule has 0 bridgehead atoms. The number of ketones is 1. The second kappa shape index (κ2) is 6.55. The van der Waals surface area contributed by atoms with Crippen LogP contribution in [0.25, 0.3) is 0 Å². The van der Waals surface area contributed by atoms with E-state index in [0.29, 0.717) is 17.7 Å². The summed E-state index contributed by atoms with van der Waals surface area (Å²) in [5, 5.41) is 18.1. The fourth-order valence-corrected chi connectivity index (χ4v) is 2.09. The highest BCUT2D eigenvalue weighted by atomic mass is 32.2. The monoisotopic (exact) mass is 240 g/mol. The fourth-order valence-electron chi connectivity index (χ4n) is 1.21. The molecule has 1 aromatic rings. The molecule has 3 nitrogen and oxygen atoms in total. The van der Waals surface area contributed by atoms with Gasteiger partial charge in [-0.3, -0.25) is 4.79 Å². The van der Waals surface area contributed by atoms with E-state index in [1.807, 2.05) is 6.92 Å². The van der Waals surface area contributed by atoms with Crippen molar-refractivity contribution in [2.45, 2.75) is 18.6 Å². The van der Waals surface area contributed by atoms with Crippen LogP contribution in [0, 0.1) is 0 Å². The van der Waals surface area contributed by atoms with Gasteiger partial charge in [0.05, 0.1) is 5.75 Å². The Morgan fingerprint density at radius 2 is 2.00 bits per heavy atom. The summed E-state index contributed by atoms with van der Waals surface area (Å²) in [4.78, 5) is 11.7. The van der Waals surface area contributed by atoms with Gasteiger partial charge in [-0.25, -0.2) is 0 Å². The third-order valence-electron chi connectivity index (χ3n) is 2.22. The van der Waals surface area contributed by atoms with Gasteiger partial charge in [-0.1, -0.05) is 6.92 Å². The average molecular weight is 240 g/mol. The number of phenolic OH excluding ortho intramolecular Hbond substituents is 1. The van der Waals surface area contributed by atoms with Crippen LogP contribution in [-0.4, -0.2) is 33.6 Å². The molecule has 0 saturated heterocycles. The molecule has 0 aliphatic heterocycles. The summed E-state index contributed by atoms with van der Waals surface area (Å²) in [6, 6.07) is 6.26. The maximum Gasteiger partial charge on any atom is 0.172 e. The quantitative estimate of drug-likeness (QED) is 0.747. The van der Waals surface area contributed by atoms with Crippen LogP contribution in [0.5, 0.6) is 5.75 Å². The number of benzene rings is 1. The predicted molar refractivity (Wildman–Crippen MR) is 66.1 cm³/mol. The smallest absolute Gasteiger partial charge is 0.172 e. The Morgan fingerprint density at radius 3 is 2.56 bits per heavy atom. The number of hydrogen-bond acceptors (Lipinski definition) is 4. The molecular weight excluding hydrogens is 224 g/mol. The summed E-state index contributed by atoms with van der Waals surface area (Å²) in [7, 11) is 0. The van der Waals surface area contributed by atoms with Gasteiger partial charge in [0.15, 0.2) is 5.78 Å². The number of hydrogen-bond donors (Lipinski definition) is 2. The average Bonchev–Trinajstić information content (AvgIpc) is 2.27. The van der Waals surface area contributed by atoms with Crippen molar-refractivity contribution >= 4 is 17.5 Å². The molecule has 1 rings (SSSR count). The summed E-state index contributed by atoms with van der Waals surface area (Å²) in [5.41, 5.74) is 0.612. The van der Waals surface area contributed by atoms with Crippen molar-refractivity contribution in [3.05, 3.63) is 29.8 Å². The first kappa shape index (κ1) is 13.1. The second-order valence-corrected chi connectivity index (χ2v) is 5.03. The number of Topliss-reactive ketones (excluding diaryl/α,β-unsaturated/α-hetero) is 1. The van der Waals surface area contributed by atoms with Crippen LogP contribution in [0.15, 0.2) is 24.3 Å². The van der Waals surface area contributed by atoms with Crippen LogP contribution in [0.2, 0.25) is 0 Å². The molecule has 16 heavy (non-hydrogen) atoms. The molecule has 0 spiro atoms. The predicted octanol–water partition coefficient (Wildman–Crippen LogP) is 2.08. The summed E-state index contributed by atoms with van der Waals surface area (Å²) in [6.45, 7) is 2.15. The Kier molecular flexibility index (Phi) is 5.35. The van der Waals surface area contributed by atoms with Gasteiger partial charge in [-0.05, 0) is 30.7 Å². The number of thioether (sulfide) groups is 1. The Bertz CT molecular complexity index is 335. The highest BCUT2D eigenvalue weighted by Gasteiger charge is 2.09. The lowest BCUT2D eigenvalue weighted by Gasteiger charge is -2.08. The van der Waals surface area contributed by atoms with E-state index in [-0.39, 0.29) is 23.4 Å². The van der Waals surface area contributed by atoms with Gasteiger partial charge in [0.25, 0.3) is 0 Å². The first-order valence-corrected chi connectivity index (χ1v) is 6.23. The number of carbonyl (C=O) groups excluding carboxylic acids is 1. The largest absolute Gasteiger partial charge is 0.508 e. The van der Waals surface area contributed by atoms with Gasteiger partial charge >= 0.3 is 0 Å². The van der Waals surface area contributed by atoms with E-state index in [1.165, 1.54) is 23.9 Å². The lowest BCUT2D eigenvalue weighted by Crippen LogP contribution is -2.07.